The fraction of sp³-hybridized carbons (Fsp3) is 0.609. The van der Waals surface area contributed by atoms with Crippen molar-refractivity contribution >= 4 is 12.0 Å². The van der Waals surface area contributed by atoms with Gasteiger partial charge in [0.05, 0.1) is 0 Å². The molecule has 0 aliphatic carbocycles. The Kier molecular flexibility index (Phi) is 13.7. The Morgan fingerprint density at radius 1 is 0.840 bits per heavy atom. The zero-order valence-corrected chi connectivity index (χ0v) is 16.1. The van der Waals surface area contributed by atoms with Crippen LogP contribution in [0.2, 0.25) is 0 Å². The average molecular weight is 345 g/mol. The van der Waals surface area contributed by atoms with Gasteiger partial charge in [-0.2, -0.15) is 0 Å². The third-order valence-corrected chi connectivity index (χ3v) is 4.43. The van der Waals surface area contributed by atoms with Gasteiger partial charge in [-0.1, -0.05) is 108 Å². The van der Waals surface area contributed by atoms with E-state index in [1.54, 1.807) is 0 Å². The van der Waals surface area contributed by atoms with Crippen LogP contribution in [-0.4, -0.2) is 12.6 Å². The Bertz CT molecular complexity index is 450. The lowest BCUT2D eigenvalue weighted by molar-refractivity contribution is -0.142. The fourth-order valence-electron chi connectivity index (χ4n) is 2.90. The quantitative estimate of drug-likeness (QED) is 0.254. The lowest BCUT2D eigenvalue weighted by Crippen LogP contribution is -2.03. The molecule has 0 amide bonds. The summed E-state index contributed by atoms with van der Waals surface area (Å²) in [5.41, 5.74) is 1.13. The number of benzene rings is 1. The molecule has 1 aromatic carbocycles. The number of ether oxygens (including phenoxy) is 1. The summed E-state index contributed by atoms with van der Waals surface area (Å²) in [7, 11) is 0. The van der Waals surface area contributed by atoms with Gasteiger partial charge in [-0.25, -0.2) is 0 Å². The second-order valence-corrected chi connectivity index (χ2v) is 6.78. The molecule has 0 saturated heterocycles. The first kappa shape index (κ1) is 21.5. The van der Waals surface area contributed by atoms with Crippen LogP contribution in [0.4, 0.5) is 0 Å². The monoisotopic (exact) mass is 344 g/mol. The average Bonchev–Trinajstić information content (AvgIpc) is 2.64. The molecule has 0 aromatic heterocycles. The highest BCUT2D eigenvalue weighted by molar-refractivity contribution is 5.69. The summed E-state index contributed by atoms with van der Waals surface area (Å²) >= 11 is 0. The molecule has 2 heteroatoms. The van der Waals surface area contributed by atoms with Gasteiger partial charge in [0.1, 0.15) is 6.61 Å². The number of carbonyl (C=O) groups excluding carboxylic acids is 1. The predicted molar refractivity (Wildman–Crippen MR) is 108 cm³/mol. The molecule has 0 fully saturated rings. The van der Waals surface area contributed by atoms with E-state index in [9.17, 15) is 4.79 Å². The largest absolute Gasteiger partial charge is 0.461 e. The zero-order valence-electron chi connectivity index (χ0n) is 16.1. The highest BCUT2D eigenvalue weighted by Crippen LogP contribution is 2.12. The van der Waals surface area contributed by atoms with Gasteiger partial charge in [0.25, 0.3) is 0 Å². The van der Waals surface area contributed by atoms with Crippen molar-refractivity contribution in [1.82, 2.24) is 0 Å². The lowest BCUT2D eigenvalue weighted by atomic mass is 10.1. The summed E-state index contributed by atoms with van der Waals surface area (Å²) in [6.07, 6.45) is 18.7. The Balaban J connectivity index is 1.86. The minimum atomic E-state index is -0.0753. The Morgan fingerprint density at radius 3 is 2.00 bits per heavy atom. The van der Waals surface area contributed by atoms with Crippen LogP contribution >= 0.6 is 0 Å². The van der Waals surface area contributed by atoms with Crippen LogP contribution in [0.15, 0.2) is 36.4 Å². The molecule has 0 bridgehead atoms. The highest BCUT2D eigenvalue weighted by atomic mass is 16.5. The van der Waals surface area contributed by atoms with E-state index in [2.05, 4.69) is 6.92 Å². The standard InChI is InChI=1S/C23H36O2/c1-2-3-4-5-6-7-8-9-10-11-15-20-23(24)25-21-16-19-22-17-13-12-14-18-22/h12-14,16-19H,2-11,15,20-21H2,1H3/b19-16+. The van der Waals surface area contributed by atoms with Crippen LogP contribution in [0.1, 0.15) is 89.5 Å². The summed E-state index contributed by atoms with van der Waals surface area (Å²) in [6.45, 7) is 2.63. The molecule has 1 aromatic rings. The van der Waals surface area contributed by atoms with E-state index in [-0.39, 0.29) is 5.97 Å². The first-order valence-electron chi connectivity index (χ1n) is 10.2. The molecular weight excluding hydrogens is 308 g/mol. The smallest absolute Gasteiger partial charge is 0.306 e. The number of hydrogen-bond acceptors (Lipinski definition) is 2. The van der Waals surface area contributed by atoms with Crippen molar-refractivity contribution in [2.24, 2.45) is 0 Å². The summed E-state index contributed by atoms with van der Waals surface area (Å²) in [5.74, 6) is -0.0753. The molecule has 0 aliphatic heterocycles. The minimum Gasteiger partial charge on any atom is -0.461 e. The van der Waals surface area contributed by atoms with Crippen molar-refractivity contribution < 1.29 is 9.53 Å². The molecule has 140 valence electrons. The maximum atomic E-state index is 11.7. The number of carbonyl (C=O) groups is 1. The first-order chi connectivity index (χ1) is 12.3. The molecule has 0 heterocycles. The van der Waals surface area contributed by atoms with Crippen LogP contribution < -0.4 is 0 Å². The molecule has 1 rings (SSSR count). The second kappa shape index (κ2) is 15.9. The van der Waals surface area contributed by atoms with Crippen molar-refractivity contribution in [3.05, 3.63) is 42.0 Å². The molecule has 0 unspecified atom stereocenters. The van der Waals surface area contributed by atoms with Gasteiger partial charge in [-0.3, -0.25) is 4.79 Å². The third-order valence-electron chi connectivity index (χ3n) is 4.43. The fourth-order valence-corrected chi connectivity index (χ4v) is 2.90. The van der Waals surface area contributed by atoms with Crippen LogP contribution in [0, 0.1) is 0 Å². The molecule has 25 heavy (non-hydrogen) atoms. The lowest BCUT2D eigenvalue weighted by Gasteiger charge is -2.03. The molecule has 2 nitrogen and oxygen atoms in total. The van der Waals surface area contributed by atoms with E-state index < -0.39 is 0 Å². The van der Waals surface area contributed by atoms with Gasteiger partial charge in [-0.15, -0.1) is 0 Å². The van der Waals surface area contributed by atoms with Crippen LogP contribution in [0.5, 0.6) is 0 Å². The number of rotatable bonds is 15. The molecule has 0 atom stereocenters. The maximum Gasteiger partial charge on any atom is 0.306 e. The van der Waals surface area contributed by atoms with Gasteiger partial charge >= 0.3 is 5.97 Å². The van der Waals surface area contributed by atoms with Crippen molar-refractivity contribution in [3.63, 3.8) is 0 Å². The molecule has 0 spiro atoms. The van der Waals surface area contributed by atoms with E-state index in [0.29, 0.717) is 13.0 Å². The summed E-state index contributed by atoms with van der Waals surface area (Å²) in [4.78, 5) is 11.7. The number of hydrogen-bond donors (Lipinski definition) is 0. The van der Waals surface area contributed by atoms with E-state index >= 15 is 0 Å². The molecule has 0 aliphatic rings. The van der Waals surface area contributed by atoms with Gasteiger partial charge in [0, 0.05) is 6.42 Å². The van der Waals surface area contributed by atoms with E-state index in [0.717, 1.165) is 18.4 Å². The highest BCUT2D eigenvalue weighted by Gasteiger charge is 2.01. The van der Waals surface area contributed by atoms with E-state index in [1.165, 1.54) is 57.8 Å². The minimum absolute atomic E-state index is 0.0753. The topological polar surface area (TPSA) is 26.3 Å². The van der Waals surface area contributed by atoms with Gasteiger partial charge in [0.2, 0.25) is 0 Å². The normalized spacial score (nSPS) is 11.1. The third kappa shape index (κ3) is 13.4. The van der Waals surface area contributed by atoms with Crippen LogP contribution in [-0.2, 0) is 9.53 Å². The molecule has 0 N–H and O–H groups in total. The van der Waals surface area contributed by atoms with Gasteiger partial charge < -0.3 is 4.74 Å². The van der Waals surface area contributed by atoms with Crippen molar-refractivity contribution in [1.29, 1.82) is 0 Å². The molecule has 0 radical (unpaired) electrons. The van der Waals surface area contributed by atoms with Crippen LogP contribution in [0.25, 0.3) is 6.08 Å². The van der Waals surface area contributed by atoms with Crippen molar-refractivity contribution in [2.45, 2.75) is 84.0 Å². The second-order valence-electron chi connectivity index (χ2n) is 6.78. The molecular formula is C23H36O2. The van der Waals surface area contributed by atoms with Gasteiger partial charge in [0.15, 0.2) is 0 Å². The number of unbranched alkanes of at least 4 members (excludes halogenated alkanes) is 10. The van der Waals surface area contributed by atoms with E-state index in [4.69, 9.17) is 4.74 Å². The summed E-state index contributed by atoms with van der Waals surface area (Å²) in [6, 6.07) is 10.0. The Hall–Kier alpha value is -1.57. The van der Waals surface area contributed by atoms with Crippen LogP contribution in [0.3, 0.4) is 0 Å². The van der Waals surface area contributed by atoms with Crippen molar-refractivity contribution in [3.8, 4) is 0 Å². The zero-order chi connectivity index (χ0) is 18.0. The first-order valence-corrected chi connectivity index (χ1v) is 10.2. The maximum absolute atomic E-state index is 11.7. The molecule has 0 saturated carbocycles. The predicted octanol–water partition coefficient (Wildman–Crippen LogP) is 6.94. The Morgan fingerprint density at radius 2 is 1.40 bits per heavy atom. The van der Waals surface area contributed by atoms with Crippen molar-refractivity contribution in [2.75, 3.05) is 6.61 Å². The Labute approximate surface area is 154 Å². The summed E-state index contributed by atoms with van der Waals surface area (Å²) in [5, 5.41) is 0. The SMILES string of the molecule is CCCCCCCCCCCCCC(=O)OC/C=C/c1ccccc1. The van der Waals surface area contributed by atoms with E-state index in [1.807, 2.05) is 42.5 Å². The number of esters is 1. The van der Waals surface area contributed by atoms with Gasteiger partial charge in [-0.05, 0) is 18.1 Å². The summed E-state index contributed by atoms with van der Waals surface area (Å²) < 4.78 is 5.23.